The third kappa shape index (κ3) is 6.06. The number of nitrogens with one attached hydrogen (secondary N) is 3. The first-order chi connectivity index (χ1) is 21.2. The molecule has 5 rings (SSSR count). The second-order valence-electron chi connectivity index (χ2n) is 10.8. The molecule has 4 aromatic rings. The molecule has 0 unspecified atom stereocenters. The van der Waals surface area contributed by atoms with Crippen molar-refractivity contribution < 1.29 is 23.8 Å². The maximum Gasteiger partial charge on any atom is 0.224 e. The lowest BCUT2D eigenvalue weighted by Gasteiger charge is -2.19. The van der Waals surface area contributed by atoms with Crippen molar-refractivity contribution >= 4 is 34.1 Å². The van der Waals surface area contributed by atoms with E-state index in [9.17, 15) is 14.4 Å². The summed E-state index contributed by atoms with van der Waals surface area (Å²) in [6.45, 7) is 1.89. The molecule has 2 amide bonds. The summed E-state index contributed by atoms with van der Waals surface area (Å²) < 4.78 is 19.1. The van der Waals surface area contributed by atoms with Crippen LogP contribution in [0, 0.1) is 0 Å². The van der Waals surface area contributed by atoms with Crippen LogP contribution >= 0.6 is 0 Å². The third-order valence-corrected chi connectivity index (χ3v) is 8.01. The lowest BCUT2D eigenvalue weighted by molar-refractivity contribution is -0.119. The third-order valence-electron chi connectivity index (χ3n) is 8.01. The van der Waals surface area contributed by atoms with Crippen LogP contribution in [-0.2, 0) is 23.1 Å². The summed E-state index contributed by atoms with van der Waals surface area (Å²) >= 11 is 0. The molecule has 1 aliphatic rings. The van der Waals surface area contributed by atoms with Gasteiger partial charge in [0.25, 0.3) is 0 Å². The molecule has 230 valence electrons. The Bertz CT molecular complexity index is 1780. The number of hydrogen-bond donors (Lipinski definition) is 3. The second-order valence-corrected chi connectivity index (χ2v) is 10.8. The highest BCUT2D eigenvalue weighted by Crippen LogP contribution is 2.50. The van der Waals surface area contributed by atoms with Gasteiger partial charge < -0.3 is 34.7 Å². The number of carbonyl (C=O) groups is 2. The first kappa shape index (κ1) is 30.5. The largest absolute Gasteiger partial charge is 0.493 e. The zero-order chi connectivity index (χ0) is 31.4. The molecular formula is C34H38N4O6. The summed E-state index contributed by atoms with van der Waals surface area (Å²) in [6, 6.07) is 14.5. The number of fused-ring (bicyclic) bond motifs is 4. The first-order valence-electron chi connectivity index (χ1n) is 14.6. The monoisotopic (exact) mass is 598 g/mol. The fourth-order valence-electron chi connectivity index (χ4n) is 5.95. The normalized spacial score (nSPS) is 13.7. The molecule has 1 heterocycles. The Morgan fingerprint density at radius 1 is 0.977 bits per heavy atom. The van der Waals surface area contributed by atoms with Crippen LogP contribution < -0.4 is 35.6 Å². The van der Waals surface area contributed by atoms with Crippen molar-refractivity contribution in [2.24, 2.45) is 7.05 Å². The van der Waals surface area contributed by atoms with E-state index in [4.69, 9.17) is 14.2 Å². The van der Waals surface area contributed by atoms with E-state index >= 15 is 0 Å². The van der Waals surface area contributed by atoms with E-state index in [-0.39, 0.29) is 29.7 Å². The molecule has 10 heteroatoms. The van der Waals surface area contributed by atoms with Crippen molar-refractivity contribution in [3.8, 4) is 28.4 Å². The SMILES string of the molecule is COc1cc2c(c(OC)c1OC)-c1ccc(NCCCC(=O)Nc3cccc4c3ccn4C)c(=O)cc1[C@@H](NC(C)=O)CC2. The van der Waals surface area contributed by atoms with Crippen LogP contribution in [0.3, 0.4) is 0 Å². The topological polar surface area (TPSA) is 120 Å². The molecule has 1 aliphatic carbocycles. The average Bonchev–Trinajstić information content (AvgIpc) is 3.23. The number of anilines is 2. The minimum atomic E-state index is -0.387. The number of hydrogen-bond acceptors (Lipinski definition) is 7. The highest BCUT2D eigenvalue weighted by Gasteiger charge is 2.29. The van der Waals surface area contributed by atoms with Crippen LogP contribution in [0.4, 0.5) is 11.4 Å². The summed E-state index contributed by atoms with van der Waals surface area (Å²) in [6.07, 6.45) is 3.98. The zero-order valence-corrected chi connectivity index (χ0v) is 25.7. The molecule has 44 heavy (non-hydrogen) atoms. The van der Waals surface area contributed by atoms with E-state index in [1.54, 1.807) is 33.5 Å². The van der Waals surface area contributed by atoms with Gasteiger partial charge in [-0.25, -0.2) is 0 Å². The number of aryl methyl sites for hydroxylation is 2. The minimum absolute atomic E-state index is 0.0953. The summed E-state index contributed by atoms with van der Waals surface area (Å²) in [7, 11) is 6.66. The van der Waals surface area contributed by atoms with Crippen molar-refractivity contribution in [3.05, 3.63) is 76.1 Å². The molecule has 0 aliphatic heterocycles. The molecule has 0 radical (unpaired) electrons. The Morgan fingerprint density at radius 2 is 1.77 bits per heavy atom. The van der Waals surface area contributed by atoms with Gasteiger partial charge >= 0.3 is 0 Å². The number of benzene rings is 2. The van der Waals surface area contributed by atoms with E-state index in [2.05, 4.69) is 16.0 Å². The van der Waals surface area contributed by atoms with Crippen LogP contribution in [-0.4, -0.2) is 44.3 Å². The standard InChI is InChI=1S/C34H38N4O6/c1-20(39)36-26-13-11-21-18-30(42-3)33(43-4)34(44-5)32(21)22-12-14-27(29(40)19-24(22)26)35-16-7-10-31(41)37-25-8-6-9-28-23(25)15-17-38(28)2/h6,8-9,12,14-15,17-19,26H,7,10-11,13,16H2,1-5H3,(H,35,40)(H,36,39)(H,37,41)/t26-/m0/s1. The van der Waals surface area contributed by atoms with Gasteiger partial charge in [0.15, 0.2) is 11.5 Å². The molecule has 1 atom stereocenters. The van der Waals surface area contributed by atoms with E-state index < -0.39 is 0 Å². The quantitative estimate of drug-likeness (QED) is 0.215. The zero-order valence-electron chi connectivity index (χ0n) is 25.7. The van der Waals surface area contributed by atoms with Crippen LogP contribution in [0.5, 0.6) is 17.2 Å². The molecule has 0 saturated carbocycles. The van der Waals surface area contributed by atoms with Gasteiger partial charge in [-0.2, -0.15) is 0 Å². The summed E-state index contributed by atoms with van der Waals surface area (Å²) in [5.74, 6) is 1.21. The van der Waals surface area contributed by atoms with Gasteiger partial charge in [-0.1, -0.05) is 12.1 Å². The van der Waals surface area contributed by atoms with E-state index in [1.807, 2.05) is 54.2 Å². The lowest BCUT2D eigenvalue weighted by atomic mass is 9.95. The Hall–Kier alpha value is -4.99. The van der Waals surface area contributed by atoms with Crippen LogP contribution in [0.2, 0.25) is 0 Å². The predicted octanol–water partition coefficient (Wildman–Crippen LogP) is 5.19. The molecule has 0 fully saturated rings. The molecule has 3 aromatic carbocycles. The Morgan fingerprint density at radius 3 is 2.50 bits per heavy atom. The van der Waals surface area contributed by atoms with E-state index in [0.29, 0.717) is 54.3 Å². The molecular weight excluding hydrogens is 560 g/mol. The van der Waals surface area contributed by atoms with Crippen molar-refractivity contribution in [1.82, 2.24) is 9.88 Å². The van der Waals surface area contributed by atoms with Gasteiger partial charge in [-0.15, -0.1) is 0 Å². The summed E-state index contributed by atoms with van der Waals surface area (Å²) in [4.78, 5) is 38.4. The lowest BCUT2D eigenvalue weighted by Crippen LogP contribution is -2.26. The molecule has 0 saturated heterocycles. The van der Waals surface area contributed by atoms with Gasteiger partial charge in [0.05, 0.1) is 38.7 Å². The average molecular weight is 599 g/mol. The van der Waals surface area contributed by atoms with Crippen LogP contribution in [0.15, 0.2) is 59.5 Å². The number of amides is 2. The Balaban J connectivity index is 1.39. The van der Waals surface area contributed by atoms with Crippen LogP contribution in [0.25, 0.3) is 22.0 Å². The molecule has 1 aromatic heterocycles. The van der Waals surface area contributed by atoms with Crippen molar-refractivity contribution in [3.63, 3.8) is 0 Å². The number of carbonyl (C=O) groups excluding carboxylic acids is 2. The van der Waals surface area contributed by atoms with E-state index in [0.717, 1.165) is 33.3 Å². The fraction of sp³-hybridized carbons (Fsp3) is 0.324. The minimum Gasteiger partial charge on any atom is -0.493 e. The number of methoxy groups -OCH3 is 3. The first-order valence-corrected chi connectivity index (χ1v) is 14.6. The van der Waals surface area contributed by atoms with Crippen molar-refractivity contribution in [2.45, 2.75) is 38.6 Å². The Labute approximate surface area is 256 Å². The maximum atomic E-state index is 13.5. The molecule has 10 nitrogen and oxygen atoms in total. The summed E-state index contributed by atoms with van der Waals surface area (Å²) in [5, 5.41) is 10.2. The smallest absolute Gasteiger partial charge is 0.224 e. The number of rotatable bonds is 10. The Kier molecular flexibility index (Phi) is 9.08. The number of aromatic nitrogens is 1. The van der Waals surface area contributed by atoms with Crippen molar-refractivity contribution in [2.75, 3.05) is 38.5 Å². The second kappa shape index (κ2) is 13.1. The maximum absolute atomic E-state index is 13.5. The number of nitrogens with zero attached hydrogens (tertiary/aromatic N) is 1. The highest BCUT2D eigenvalue weighted by molar-refractivity contribution is 6.01. The van der Waals surface area contributed by atoms with Crippen LogP contribution in [0.1, 0.15) is 43.4 Å². The molecule has 0 bridgehead atoms. The van der Waals surface area contributed by atoms with Gasteiger partial charge in [0.2, 0.25) is 23.0 Å². The van der Waals surface area contributed by atoms with Gasteiger partial charge in [0.1, 0.15) is 0 Å². The highest BCUT2D eigenvalue weighted by atomic mass is 16.5. The number of ether oxygens (including phenoxy) is 3. The fourth-order valence-corrected chi connectivity index (χ4v) is 5.95. The summed E-state index contributed by atoms with van der Waals surface area (Å²) in [5.41, 5.74) is 5.20. The van der Waals surface area contributed by atoms with Gasteiger partial charge in [0, 0.05) is 49.6 Å². The van der Waals surface area contributed by atoms with E-state index in [1.165, 1.54) is 6.92 Å². The molecule has 3 N–H and O–H groups in total. The van der Waals surface area contributed by atoms with Gasteiger partial charge in [-0.05, 0) is 72.4 Å². The van der Waals surface area contributed by atoms with Crippen molar-refractivity contribution in [1.29, 1.82) is 0 Å². The predicted molar refractivity (Wildman–Crippen MR) is 172 cm³/mol. The molecule has 0 spiro atoms. The van der Waals surface area contributed by atoms with Gasteiger partial charge in [-0.3, -0.25) is 14.4 Å².